The number of carbonyl (C=O) groups is 1. The summed E-state index contributed by atoms with van der Waals surface area (Å²) in [5, 5.41) is 4.22. The fourth-order valence-corrected chi connectivity index (χ4v) is 2.41. The smallest absolute Gasteiger partial charge is 0.214 e. The van der Waals surface area contributed by atoms with E-state index in [0.29, 0.717) is 17.0 Å². The Morgan fingerprint density at radius 2 is 2.16 bits per heavy atom. The molecule has 0 unspecified atom stereocenters. The standard InChI is InChI=1S/C14H15IN2O2/c1-9(2)17-13(12(19-3)8-16-17)14(18)10-5-4-6-11(15)7-10/h4-9H,1-3H3. The molecule has 0 fully saturated rings. The molecule has 1 aromatic carbocycles. The zero-order valence-electron chi connectivity index (χ0n) is 11.1. The summed E-state index contributed by atoms with van der Waals surface area (Å²) in [7, 11) is 1.55. The number of carbonyl (C=O) groups excluding carboxylic acids is 1. The Labute approximate surface area is 125 Å². The van der Waals surface area contributed by atoms with Crippen LogP contribution in [0.3, 0.4) is 0 Å². The van der Waals surface area contributed by atoms with Gasteiger partial charge in [0.2, 0.25) is 5.78 Å². The van der Waals surface area contributed by atoms with E-state index < -0.39 is 0 Å². The number of hydrogen-bond acceptors (Lipinski definition) is 3. The van der Waals surface area contributed by atoms with E-state index in [2.05, 4.69) is 27.7 Å². The first kappa shape index (κ1) is 14.0. The molecule has 100 valence electrons. The molecule has 0 saturated carbocycles. The summed E-state index contributed by atoms with van der Waals surface area (Å²) < 4.78 is 7.96. The highest BCUT2D eigenvalue weighted by atomic mass is 127. The summed E-state index contributed by atoms with van der Waals surface area (Å²) in [6.45, 7) is 3.97. The molecule has 2 rings (SSSR count). The number of rotatable bonds is 4. The predicted molar refractivity (Wildman–Crippen MR) is 81.8 cm³/mol. The number of hydrogen-bond donors (Lipinski definition) is 0. The number of ether oxygens (including phenoxy) is 1. The molecule has 5 heteroatoms. The molecule has 0 spiro atoms. The van der Waals surface area contributed by atoms with Gasteiger partial charge in [-0.2, -0.15) is 5.10 Å². The van der Waals surface area contributed by atoms with Crippen LogP contribution in [0.5, 0.6) is 5.75 Å². The Kier molecular flexibility index (Phi) is 4.24. The Bertz CT molecular complexity index is 605. The molecule has 0 atom stereocenters. The van der Waals surface area contributed by atoms with Crippen LogP contribution in [0.25, 0.3) is 0 Å². The quantitative estimate of drug-likeness (QED) is 0.613. The maximum absolute atomic E-state index is 12.6. The van der Waals surface area contributed by atoms with E-state index >= 15 is 0 Å². The second-order valence-electron chi connectivity index (χ2n) is 4.44. The van der Waals surface area contributed by atoms with Gasteiger partial charge in [-0.05, 0) is 48.6 Å². The number of benzene rings is 1. The molecule has 4 nitrogen and oxygen atoms in total. The van der Waals surface area contributed by atoms with Crippen molar-refractivity contribution in [3.8, 4) is 5.75 Å². The van der Waals surface area contributed by atoms with Crippen molar-refractivity contribution in [3.63, 3.8) is 0 Å². The fraction of sp³-hybridized carbons (Fsp3) is 0.286. The number of methoxy groups -OCH3 is 1. The Hall–Kier alpha value is -1.37. The van der Waals surface area contributed by atoms with Crippen molar-refractivity contribution in [1.82, 2.24) is 9.78 Å². The first-order valence-electron chi connectivity index (χ1n) is 5.96. The minimum absolute atomic E-state index is 0.0680. The van der Waals surface area contributed by atoms with Crippen molar-refractivity contribution in [2.24, 2.45) is 0 Å². The van der Waals surface area contributed by atoms with Crippen LogP contribution >= 0.6 is 22.6 Å². The highest BCUT2D eigenvalue weighted by Gasteiger charge is 2.22. The molecular weight excluding hydrogens is 355 g/mol. The molecule has 0 bridgehead atoms. The van der Waals surface area contributed by atoms with Gasteiger partial charge in [0, 0.05) is 15.2 Å². The van der Waals surface area contributed by atoms with Crippen LogP contribution in [0, 0.1) is 3.57 Å². The van der Waals surface area contributed by atoms with Crippen LogP contribution in [0.2, 0.25) is 0 Å². The van der Waals surface area contributed by atoms with Gasteiger partial charge in [0.15, 0.2) is 11.4 Å². The van der Waals surface area contributed by atoms with Crippen LogP contribution < -0.4 is 4.74 Å². The third-order valence-corrected chi connectivity index (χ3v) is 3.44. The first-order valence-corrected chi connectivity index (χ1v) is 7.04. The van der Waals surface area contributed by atoms with Gasteiger partial charge in [0.25, 0.3) is 0 Å². The molecule has 0 aliphatic carbocycles. The topological polar surface area (TPSA) is 44.1 Å². The number of halogens is 1. The van der Waals surface area contributed by atoms with E-state index in [1.54, 1.807) is 18.0 Å². The molecule has 1 heterocycles. The van der Waals surface area contributed by atoms with Gasteiger partial charge >= 0.3 is 0 Å². The second kappa shape index (κ2) is 5.73. The highest BCUT2D eigenvalue weighted by molar-refractivity contribution is 14.1. The summed E-state index contributed by atoms with van der Waals surface area (Å²) in [6.07, 6.45) is 1.58. The van der Waals surface area contributed by atoms with Crippen molar-refractivity contribution in [2.45, 2.75) is 19.9 Å². The lowest BCUT2D eigenvalue weighted by Crippen LogP contribution is -2.14. The molecule has 0 saturated heterocycles. The summed E-state index contributed by atoms with van der Waals surface area (Å²) in [5.74, 6) is 0.444. The summed E-state index contributed by atoms with van der Waals surface area (Å²) in [6, 6.07) is 7.60. The van der Waals surface area contributed by atoms with Crippen molar-refractivity contribution in [1.29, 1.82) is 0 Å². The molecule has 2 aromatic rings. The molecular formula is C14H15IN2O2. The maximum atomic E-state index is 12.6. The van der Waals surface area contributed by atoms with E-state index in [9.17, 15) is 4.79 Å². The van der Waals surface area contributed by atoms with E-state index in [4.69, 9.17) is 4.74 Å². The molecule has 19 heavy (non-hydrogen) atoms. The first-order chi connectivity index (χ1) is 9.04. The normalized spacial score (nSPS) is 10.8. The van der Waals surface area contributed by atoms with E-state index in [0.717, 1.165) is 3.57 Å². The van der Waals surface area contributed by atoms with Crippen molar-refractivity contribution >= 4 is 28.4 Å². The van der Waals surface area contributed by atoms with Crippen LogP contribution in [-0.2, 0) is 0 Å². The predicted octanol–water partition coefficient (Wildman–Crippen LogP) is 3.31. The van der Waals surface area contributed by atoms with Crippen molar-refractivity contribution < 1.29 is 9.53 Å². The molecule has 0 aliphatic heterocycles. The zero-order chi connectivity index (χ0) is 14.0. The van der Waals surface area contributed by atoms with Gasteiger partial charge < -0.3 is 4.74 Å². The van der Waals surface area contributed by atoms with Crippen LogP contribution in [0.1, 0.15) is 35.9 Å². The maximum Gasteiger partial charge on any atom is 0.214 e. The van der Waals surface area contributed by atoms with Gasteiger partial charge in [-0.25, -0.2) is 0 Å². The minimum atomic E-state index is -0.0680. The molecule has 0 amide bonds. The molecule has 0 aliphatic rings. The summed E-state index contributed by atoms with van der Waals surface area (Å²) >= 11 is 2.19. The van der Waals surface area contributed by atoms with Crippen molar-refractivity contribution in [2.75, 3.05) is 7.11 Å². The number of nitrogens with zero attached hydrogens (tertiary/aromatic N) is 2. The van der Waals surface area contributed by atoms with Gasteiger partial charge in [-0.15, -0.1) is 0 Å². The average molecular weight is 370 g/mol. The van der Waals surface area contributed by atoms with Crippen molar-refractivity contribution in [3.05, 3.63) is 45.3 Å². The highest BCUT2D eigenvalue weighted by Crippen LogP contribution is 2.24. The monoisotopic (exact) mass is 370 g/mol. The van der Waals surface area contributed by atoms with E-state index in [1.807, 2.05) is 38.1 Å². The average Bonchev–Trinajstić information content (AvgIpc) is 2.81. The Morgan fingerprint density at radius 1 is 1.42 bits per heavy atom. The largest absolute Gasteiger partial charge is 0.493 e. The fourth-order valence-electron chi connectivity index (χ4n) is 1.87. The van der Waals surface area contributed by atoms with E-state index in [-0.39, 0.29) is 11.8 Å². The van der Waals surface area contributed by atoms with Crippen LogP contribution in [0.4, 0.5) is 0 Å². The lowest BCUT2D eigenvalue weighted by molar-refractivity contribution is 0.102. The summed E-state index contributed by atoms with van der Waals surface area (Å²) in [4.78, 5) is 12.6. The molecule has 1 aromatic heterocycles. The third kappa shape index (κ3) is 2.80. The zero-order valence-corrected chi connectivity index (χ0v) is 13.2. The van der Waals surface area contributed by atoms with E-state index in [1.165, 1.54) is 0 Å². The molecule has 0 N–H and O–H groups in total. The minimum Gasteiger partial charge on any atom is -0.493 e. The third-order valence-electron chi connectivity index (χ3n) is 2.77. The number of ketones is 1. The van der Waals surface area contributed by atoms with Gasteiger partial charge in [0.05, 0.1) is 13.3 Å². The van der Waals surface area contributed by atoms with Gasteiger partial charge in [-0.3, -0.25) is 9.48 Å². The lowest BCUT2D eigenvalue weighted by Gasteiger charge is -2.11. The summed E-state index contributed by atoms with van der Waals surface area (Å²) in [5.41, 5.74) is 1.15. The second-order valence-corrected chi connectivity index (χ2v) is 5.68. The SMILES string of the molecule is COc1cnn(C(C)C)c1C(=O)c1cccc(I)c1. The number of aromatic nitrogens is 2. The Balaban J connectivity index is 2.51. The van der Waals surface area contributed by atoms with Gasteiger partial charge in [-0.1, -0.05) is 12.1 Å². The Morgan fingerprint density at radius 3 is 2.74 bits per heavy atom. The van der Waals surface area contributed by atoms with Gasteiger partial charge in [0.1, 0.15) is 0 Å². The molecule has 0 radical (unpaired) electrons. The van der Waals surface area contributed by atoms with Crippen LogP contribution in [0.15, 0.2) is 30.5 Å². The lowest BCUT2D eigenvalue weighted by atomic mass is 10.1. The van der Waals surface area contributed by atoms with Crippen LogP contribution in [-0.4, -0.2) is 22.7 Å².